The van der Waals surface area contributed by atoms with E-state index in [9.17, 15) is 4.79 Å². The molecule has 0 aliphatic carbocycles. The van der Waals surface area contributed by atoms with Crippen molar-refractivity contribution in [2.24, 2.45) is 0 Å². The molecule has 0 aromatic heterocycles. The molecule has 2 heteroatoms. The normalized spacial score (nSPS) is 10.4. The summed E-state index contributed by atoms with van der Waals surface area (Å²) in [6, 6.07) is 11.6. The fourth-order valence-corrected chi connectivity index (χ4v) is 2.28. The van der Waals surface area contributed by atoms with Gasteiger partial charge in [0.2, 0.25) is 0 Å². The summed E-state index contributed by atoms with van der Waals surface area (Å²) in [6.45, 7) is 6.09. The highest BCUT2D eigenvalue weighted by molar-refractivity contribution is 6.11. The summed E-state index contributed by atoms with van der Waals surface area (Å²) in [5.74, 6) is 0.683. The van der Waals surface area contributed by atoms with E-state index >= 15 is 0 Å². The van der Waals surface area contributed by atoms with Gasteiger partial charge in [-0.05, 0) is 43.0 Å². The third kappa shape index (κ3) is 2.60. The highest BCUT2D eigenvalue weighted by atomic mass is 16.5. The maximum absolute atomic E-state index is 12.6. The number of benzene rings is 2. The number of carbonyl (C=O) groups is 1. The standard InChI is InChI=1S/C18H20O2/c1-5-14-7-9-15(10-8-14)17(19)16-11-6-12(2)13(3)18(16)20-4/h6-11H,5H2,1-4H3. The van der Waals surface area contributed by atoms with Crippen LogP contribution in [0.5, 0.6) is 5.75 Å². The SMILES string of the molecule is CCc1ccc(C(=O)c2ccc(C)c(C)c2OC)cc1. The first kappa shape index (κ1) is 14.3. The first-order valence-corrected chi connectivity index (χ1v) is 6.86. The van der Waals surface area contributed by atoms with Gasteiger partial charge >= 0.3 is 0 Å². The van der Waals surface area contributed by atoms with E-state index in [-0.39, 0.29) is 5.78 Å². The smallest absolute Gasteiger partial charge is 0.196 e. The van der Waals surface area contributed by atoms with Gasteiger partial charge in [-0.25, -0.2) is 0 Å². The molecule has 0 fully saturated rings. The largest absolute Gasteiger partial charge is 0.496 e. The number of carbonyl (C=O) groups excluding carboxylic acids is 1. The van der Waals surface area contributed by atoms with Gasteiger partial charge in [0, 0.05) is 5.56 Å². The molecule has 2 aromatic carbocycles. The molecule has 0 radical (unpaired) electrons. The van der Waals surface area contributed by atoms with Crippen molar-refractivity contribution < 1.29 is 9.53 Å². The summed E-state index contributed by atoms with van der Waals surface area (Å²) in [6.07, 6.45) is 0.974. The molecule has 0 aliphatic rings. The van der Waals surface area contributed by atoms with Crippen LogP contribution in [0.1, 0.15) is 39.5 Å². The fourth-order valence-electron chi connectivity index (χ4n) is 2.28. The summed E-state index contributed by atoms with van der Waals surface area (Å²) < 4.78 is 5.42. The molecule has 0 atom stereocenters. The van der Waals surface area contributed by atoms with E-state index in [1.165, 1.54) is 5.56 Å². The fraction of sp³-hybridized carbons (Fsp3) is 0.278. The predicted molar refractivity (Wildman–Crippen MR) is 81.7 cm³/mol. The van der Waals surface area contributed by atoms with Crippen molar-refractivity contribution in [3.8, 4) is 5.75 Å². The number of methoxy groups -OCH3 is 1. The quantitative estimate of drug-likeness (QED) is 0.780. The number of ether oxygens (including phenoxy) is 1. The van der Waals surface area contributed by atoms with E-state index in [0.29, 0.717) is 16.9 Å². The van der Waals surface area contributed by atoms with Gasteiger partial charge in [-0.2, -0.15) is 0 Å². The average Bonchev–Trinajstić information content (AvgIpc) is 2.49. The number of ketones is 1. The van der Waals surface area contributed by atoms with Crippen LogP contribution >= 0.6 is 0 Å². The second kappa shape index (κ2) is 5.91. The minimum absolute atomic E-state index is 0.00704. The minimum Gasteiger partial charge on any atom is -0.496 e. The Hall–Kier alpha value is -2.09. The summed E-state index contributed by atoms with van der Waals surface area (Å²) in [5, 5.41) is 0. The van der Waals surface area contributed by atoms with Crippen molar-refractivity contribution in [2.45, 2.75) is 27.2 Å². The van der Waals surface area contributed by atoms with E-state index in [1.54, 1.807) is 7.11 Å². The van der Waals surface area contributed by atoms with Crippen LogP contribution in [-0.4, -0.2) is 12.9 Å². The van der Waals surface area contributed by atoms with Crippen LogP contribution in [0.3, 0.4) is 0 Å². The Kier molecular flexibility index (Phi) is 4.23. The maximum Gasteiger partial charge on any atom is 0.196 e. The molecule has 2 aromatic rings. The second-order valence-corrected chi connectivity index (χ2v) is 4.97. The molecule has 0 bridgehead atoms. The van der Waals surface area contributed by atoms with E-state index in [1.807, 2.05) is 50.2 Å². The van der Waals surface area contributed by atoms with Crippen molar-refractivity contribution in [3.05, 3.63) is 64.2 Å². The van der Waals surface area contributed by atoms with Gasteiger partial charge in [0.1, 0.15) is 5.75 Å². The maximum atomic E-state index is 12.6. The molecular weight excluding hydrogens is 248 g/mol. The van der Waals surface area contributed by atoms with Gasteiger partial charge in [-0.15, -0.1) is 0 Å². The van der Waals surface area contributed by atoms with E-state index < -0.39 is 0 Å². The molecular formula is C18H20O2. The molecule has 0 unspecified atom stereocenters. The van der Waals surface area contributed by atoms with Crippen LogP contribution in [-0.2, 0) is 6.42 Å². The summed E-state index contributed by atoms with van der Waals surface area (Å²) in [4.78, 5) is 12.6. The minimum atomic E-state index is 0.00704. The zero-order valence-corrected chi connectivity index (χ0v) is 12.5. The zero-order valence-electron chi connectivity index (χ0n) is 12.5. The molecule has 0 saturated heterocycles. The van der Waals surface area contributed by atoms with Crippen molar-refractivity contribution >= 4 is 5.78 Å². The zero-order chi connectivity index (χ0) is 14.7. The average molecular weight is 268 g/mol. The molecule has 20 heavy (non-hydrogen) atoms. The van der Waals surface area contributed by atoms with Gasteiger partial charge in [-0.3, -0.25) is 4.79 Å². The van der Waals surface area contributed by atoms with Gasteiger partial charge in [-0.1, -0.05) is 37.3 Å². The van der Waals surface area contributed by atoms with Crippen molar-refractivity contribution in [1.29, 1.82) is 0 Å². The third-order valence-corrected chi connectivity index (χ3v) is 3.75. The van der Waals surface area contributed by atoms with Crippen LogP contribution in [0.4, 0.5) is 0 Å². The number of hydrogen-bond acceptors (Lipinski definition) is 2. The first-order chi connectivity index (χ1) is 9.58. The topological polar surface area (TPSA) is 26.3 Å². The molecule has 2 rings (SSSR count). The highest BCUT2D eigenvalue weighted by Crippen LogP contribution is 2.28. The van der Waals surface area contributed by atoms with Crippen LogP contribution in [0.25, 0.3) is 0 Å². The van der Waals surface area contributed by atoms with E-state index in [0.717, 1.165) is 17.5 Å². The van der Waals surface area contributed by atoms with Crippen molar-refractivity contribution in [2.75, 3.05) is 7.11 Å². The predicted octanol–water partition coefficient (Wildman–Crippen LogP) is 4.11. The molecule has 104 valence electrons. The van der Waals surface area contributed by atoms with Crippen molar-refractivity contribution in [3.63, 3.8) is 0 Å². The molecule has 0 amide bonds. The molecule has 0 aliphatic heterocycles. The molecule has 2 nitrogen and oxygen atoms in total. The van der Waals surface area contributed by atoms with Gasteiger partial charge in [0.15, 0.2) is 5.78 Å². The second-order valence-electron chi connectivity index (χ2n) is 4.97. The Morgan fingerprint density at radius 1 is 1.05 bits per heavy atom. The Labute approximate surface area is 120 Å². The third-order valence-electron chi connectivity index (χ3n) is 3.75. The summed E-state index contributed by atoms with van der Waals surface area (Å²) in [5.41, 5.74) is 4.69. The lowest BCUT2D eigenvalue weighted by molar-refractivity contribution is 0.103. The highest BCUT2D eigenvalue weighted by Gasteiger charge is 2.17. The Morgan fingerprint density at radius 3 is 2.25 bits per heavy atom. The van der Waals surface area contributed by atoms with E-state index in [4.69, 9.17) is 4.74 Å². The molecule has 0 spiro atoms. The van der Waals surface area contributed by atoms with Gasteiger partial charge < -0.3 is 4.74 Å². The van der Waals surface area contributed by atoms with Gasteiger partial charge in [0.25, 0.3) is 0 Å². The number of aryl methyl sites for hydroxylation is 2. The summed E-state index contributed by atoms with van der Waals surface area (Å²) >= 11 is 0. The lowest BCUT2D eigenvalue weighted by Crippen LogP contribution is -2.06. The van der Waals surface area contributed by atoms with Crippen LogP contribution in [0.2, 0.25) is 0 Å². The van der Waals surface area contributed by atoms with Crippen molar-refractivity contribution in [1.82, 2.24) is 0 Å². The van der Waals surface area contributed by atoms with Crippen LogP contribution in [0.15, 0.2) is 36.4 Å². The number of rotatable bonds is 4. The first-order valence-electron chi connectivity index (χ1n) is 6.86. The van der Waals surface area contributed by atoms with Gasteiger partial charge in [0.05, 0.1) is 12.7 Å². The lowest BCUT2D eigenvalue weighted by atomic mass is 9.97. The Morgan fingerprint density at radius 2 is 1.70 bits per heavy atom. The monoisotopic (exact) mass is 268 g/mol. The van der Waals surface area contributed by atoms with E-state index in [2.05, 4.69) is 6.92 Å². The summed E-state index contributed by atoms with van der Waals surface area (Å²) in [7, 11) is 1.61. The number of hydrogen-bond donors (Lipinski definition) is 0. The Bertz CT molecular complexity index is 625. The lowest BCUT2D eigenvalue weighted by Gasteiger charge is -2.13. The molecule has 0 N–H and O–H groups in total. The molecule has 0 heterocycles. The molecule has 0 saturated carbocycles. The van der Waals surface area contributed by atoms with Crippen LogP contribution < -0.4 is 4.74 Å². The Balaban J connectivity index is 2.45. The van der Waals surface area contributed by atoms with Crippen LogP contribution in [0, 0.1) is 13.8 Å².